The summed E-state index contributed by atoms with van der Waals surface area (Å²) in [5.41, 5.74) is 5.16. The molecule has 1 rings (SSSR count). The number of carbonyl (C=O) groups is 1. The fourth-order valence-electron chi connectivity index (χ4n) is 1.48. The molecule has 3 N–H and O–H groups in total. The van der Waals surface area contributed by atoms with Crippen LogP contribution in [0.15, 0.2) is 0 Å². The number of amides is 1. The van der Waals surface area contributed by atoms with E-state index < -0.39 is 10.8 Å². The van der Waals surface area contributed by atoms with Crippen molar-refractivity contribution in [2.45, 2.75) is 6.92 Å². The van der Waals surface area contributed by atoms with E-state index in [0.29, 0.717) is 18.1 Å². The van der Waals surface area contributed by atoms with Gasteiger partial charge in [0.25, 0.3) is 0 Å². The van der Waals surface area contributed by atoms with Gasteiger partial charge < -0.3 is 15.8 Å². The van der Waals surface area contributed by atoms with Gasteiger partial charge in [0, 0.05) is 13.6 Å². The Bertz CT molecular complexity index is 456. The second-order valence-corrected chi connectivity index (χ2v) is 3.61. The van der Waals surface area contributed by atoms with Crippen molar-refractivity contribution in [3.05, 3.63) is 15.8 Å². The van der Waals surface area contributed by atoms with Gasteiger partial charge in [0.2, 0.25) is 11.7 Å². The highest BCUT2D eigenvalue weighted by molar-refractivity contribution is 5.74. The number of primary amides is 1. The van der Waals surface area contributed by atoms with E-state index in [0.717, 1.165) is 0 Å². The van der Waals surface area contributed by atoms with E-state index in [-0.39, 0.29) is 18.9 Å². The minimum absolute atomic E-state index is 0.0626. The Balaban J connectivity index is 2.56. The van der Waals surface area contributed by atoms with Gasteiger partial charge >= 0.3 is 5.69 Å². The van der Waals surface area contributed by atoms with Gasteiger partial charge in [-0.15, -0.1) is 0 Å². The highest BCUT2D eigenvalue weighted by Gasteiger charge is 2.23. The summed E-state index contributed by atoms with van der Waals surface area (Å²) in [4.78, 5) is 20.8. The van der Waals surface area contributed by atoms with E-state index in [9.17, 15) is 14.9 Å². The molecule has 9 heteroatoms. The monoisotopic (exact) mass is 257 g/mol. The van der Waals surface area contributed by atoms with Crippen LogP contribution >= 0.6 is 0 Å². The summed E-state index contributed by atoms with van der Waals surface area (Å²) in [5, 5.41) is 17.6. The highest BCUT2D eigenvalue weighted by Crippen LogP contribution is 2.26. The molecule has 0 bridgehead atoms. The molecule has 0 aliphatic heterocycles. The van der Waals surface area contributed by atoms with Crippen LogP contribution in [0.4, 0.5) is 11.5 Å². The average molecular weight is 257 g/mol. The van der Waals surface area contributed by atoms with Crippen LogP contribution in [0.25, 0.3) is 0 Å². The summed E-state index contributed by atoms with van der Waals surface area (Å²) in [5.74, 6) is -0.252. The predicted octanol–water partition coefficient (Wildman–Crippen LogP) is -0.449. The number of rotatable bonds is 7. The number of anilines is 1. The summed E-state index contributed by atoms with van der Waals surface area (Å²) in [6, 6.07) is 0. The third-order valence-electron chi connectivity index (χ3n) is 2.16. The molecule has 0 fully saturated rings. The molecule has 0 aliphatic rings. The molecule has 1 aromatic heterocycles. The maximum atomic E-state index is 10.9. The summed E-state index contributed by atoms with van der Waals surface area (Å²) < 4.78 is 6.32. The lowest BCUT2D eigenvalue weighted by Crippen LogP contribution is -2.21. The van der Waals surface area contributed by atoms with E-state index >= 15 is 0 Å². The fourth-order valence-corrected chi connectivity index (χ4v) is 1.48. The smallest absolute Gasteiger partial charge is 0.333 e. The molecule has 0 unspecified atom stereocenters. The number of hydrogen-bond acceptors (Lipinski definition) is 6. The van der Waals surface area contributed by atoms with Crippen molar-refractivity contribution < 1.29 is 14.5 Å². The minimum Gasteiger partial charge on any atom is -0.370 e. The van der Waals surface area contributed by atoms with Crippen molar-refractivity contribution in [2.75, 3.05) is 25.1 Å². The predicted molar refractivity (Wildman–Crippen MR) is 63.1 cm³/mol. The second kappa shape index (κ2) is 5.96. The standard InChI is InChI=1S/C9H15N5O4/c1-6-8(14(16)17)9(13(2)12-6)11-3-4-18-5-7(10)15/h11H,3-5H2,1-2H3,(H2,10,15). The number of nitrogens with one attached hydrogen (secondary N) is 1. The number of aromatic nitrogens is 2. The molecule has 1 amide bonds. The molecule has 0 saturated heterocycles. The zero-order valence-corrected chi connectivity index (χ0v) is 10.2. The number of aryl methyl sites for hydroxylation is 2. The molecule has 0 spiro atoms. The maximum Gasteiger partial charge on any atom is 0.333 e. The van der Waals surface area contributed by atoms with Crippen LogP contribution in [0, 0.1) is 17.0 Å². The van der Waals surface area contributed by atoms with Crippen LogP contribution < -0.4 is 11.1 Å². The lowest BCUT2D eigenvalue weighted by atomic mass is 10.4. The van der Waals surface area contributed by atoms with Gasteiger partial charge in [-0.2, -0.15) is 5.10 Å². The Kier molecular flexibility index (Phi) is 4.60. The van der Waals surface area contributed by atoms with Gasteiger partial charge in [-0.1, -0.05) is 0 Å². The zero-order valence-electron chi connectivity index (χ0n) is 10.2. The summed E-state index contributed by atoms with van der Waals surface area (Å²) in [6.07, 6.45) is 0. The van der Waals surface area contributed by atoms with E-state index in [2.05, 4.69) is 10.4 Å². The van der Waals surface area contributed by atoms with Crippen molar-refractivity contribution in [3.63, 3.8) is 0 Å². The quantitative estimate of drug-likeness (QED) is 0.387. The largest absolute Gasteiger partial charge is 0.370 e. The number of nitrogens with zero attached hydrogens (tertiary/aromatic N) is 3. The lowest BCUT2D eigenvalue weighted by Gasteiger charge is -2.06. The van der Waals surface area contributed by atoms with Crippen molar-refractivity contribution >= 4 is 17.4 Å². The topological polar surface area (TPSA) is 125 Å². The first-order chi connectivity index (χ1) is 8.43. The van der Waals surface area contributed by atoms with E-state index in [1.54, 1.807) is 14.0 Å². The third-order valence-corrected chi connectivity index (χ3v) is 2.16. The number of carbonyl (C=O) groups excluding carboxylic acids is 1. The fraction of sp³-hybridized carbons (Fsp3) is 0.556. The Morgan fingerprint density at radius 2 is 2.33 bits per heavy atom. The highest BCUT2D eigenvalue weighted by atomic mass is 16.6. The van der Waals surface area contributed by atoms with Gasteiger partial charge in [0.1, 0.15) is 12.3 Å². The van der Waals surface area contributed by atoms with Gasteiger partial charge in [-0.25, -0.2) is 4.68 Å². The molecule has 1 heterocycles. The normalized spacial score (nSPS) is 10.3. The molecule has 9 nitrogen and oxygen atoms in total. The molecule has 1 aromatic rings. The Labute approximate surface area is 103 Å². The van der Waals surface area contributed by atoms with E-state index in [1.165, 1.54) is 4.68 Å². The zero-order chi connectivity index (χ0) is 13.7. The first-order valence-corrected chi connectivity index (χ1v) is 5.21. The average Bonchev–Trinajstić information content (AvgIpc) is 2.52. The van der Waals surface area contributed by atoms with E-state index in [1.807, 2.05) is 0 Å². The maximum absolute atomic E-state index is 10.9. The van der Waals surface area contributed by atoms with E-state index in [4.69, 9.17) is 10.5 Å². The molecule has 0 radical (unpaired) electrons. The molecule has 100 valence electrons. The Hall–Kier alpha value is -2.16. The molecular weight excluding hydrogens is 242 g/mol. The van der Waals surface area contributed by atoms with Crippen LogP contribution in [0.2, 0.25) is 0 Å². The minimum atomic E-state index is -0.558. The molecule has 0 saturated carbocycles. The third kappa shape index (κ3) is 3.42. The number of nitrogens with two attached hydrogens (primary N) is 1. The van der Waals surface area contributed by atoms with Crippen molar-refractivity contribution in [2.24, 2.45) is 12.8 Å². The van der Waals surface area contributed by atoms with Gasteiger partial charge in [-0.3, -0.25) is 14.9 Å². The van der Waals surface area contributed by atoms with Crippen LogP contribution in [0.1, 0.15) is 5.69 Å². The number of ether oxygens (including phenoxy) is 1. The van der Waals surface area contributed by atoms with Gasteiger partial charge in [0.15, 0.2) is 0 Å². The van der Waals surface area contributed by atoms with Gasteiger partial charge in [0.05, 0.1) is 11.5 Å². The first kappa shape index (κ1) is 13.9. The SMILES string of the molecule is Cc1nn(C)c(NCCOCC(N)=O)c1[N+](=O)[O-]. The molecule has 0 aromatic carbocycles. The van der Waals surface area contributed by atoms with Crippen molar-refractivity contribution in [1.82, 2.24) is 9.78 Å². The van der Waals surface area contributed by atoms with Crippen molar-refractivity contribution in [3.8, 4) is 0 Å². The number of nitro groups is 1. The first-order valence-electron chi connectivity index (χ1n) is 5.21. The van der Waals surface area contributed by atoms with Gasteiger partial charge in [-0.05, 0) is 6.92 Å². The van der Waals surface area contributed by atoms with Crippen LogP contribution in [-0.4, -0.2) is 40.4 Å². The summed E-state index contributed by atoms with van der Waals surface area (Å²) in [7, 11) is 1.60. The van der Waals surface area contributed by atoms with Crippen molar-refractivity contribution in [1.29, 1.82) is 0 Å². The van der Waals surface area contributed by atoms with Crippen LogP contribution in [-0.2, 0) is 16.6 Å². The Morgan fingerprint density at radius 1 is 1.67 bits per heavy atom. The number of hydrogen-bond donors (Lipinski definition) is 2. The summed E-state index contributed by atoms with van der Waals surface area (Å²) >= 11 is 0. The second-order valence-electron chi connectivity index (χ2n) is 3.61. The van der Waals surface area contributed by atoms with Crippen LogP contribution in [0.5, 0.6) is 0 Å². The Morgan fingerprint density at radius 3 is 2.89 bits per heavy atom. The molecule has 0 aliphatic carbocycles. The lowest BCUT2D eigenvalue weighted by molar-refractivity contribution is -0.384. The molecule has 0 atom stereocenters. The van der Waals surface area contributed by atoms with Crippen LogP contribution in [0.3, 0.4) is 0 Å². The molecule has 18 heavy (non-hydrogen) atoms. The molecular formula is C9H15N5O4. The summed E-state index contributed by atoms with van der Waals surface area (Å²) in [6.45, 7) is 1.92.